The molecule has 1 aromatic heterocycles. The summed E-state index contributed by atoms with van der Waals surface area (Å²) in [4.78, 5) is 0. The number of hydrogen-bond donors (Lipinski definition) is 0. The molecule has 21 heavy (non-hydrogen) atoms. The van der Waals surface area contributed by atoms with Gasteiger partial charge in [0, 0.05) is 22.9 Å². The molecule has 1 atom stereocenters. The first-order valence-electron chi connectivity index (χ1n) is 6.48. The smallest absolute Gasteiger partial charge is 0.191 e. The van der Waals surface area contributed by atoms with Gasteiger partial charge in [-0.3, -0.25) is 4.57 Å². The maximum atomic E-state index is 8.86. The van der Waals surface area contributed by atoms with Crippen molar-refractivity contribution in [3.05, 3.63) is 41.9 Å². The molecule has 0 saturated carbocycles. The number of thioether (sulfide) groups is 1. The van der Waals surface area contributed by atoms with Gasteiger partial charge in [0.05, 0.1) is 12.0 Å². The molecule has 4 nitrogen and oxygen atoms in total. The summed E-state index contributed by atoms with van der Waals surface area (Å²) in [6.07, 6.45) is 1.81. The number of benzene rings is 1. The van der Waals surface area contributed by atoms with E-state index in [0.717, 1.165) is 16.5 Å². The molecule has 108 valence electrons. The fraction of sp³-hybridized carbons (Fsp3) is 0.267. The van der Waals surface area contributed by atoms with Crippen molar-refractivity contribution >= 4 is 23.4 Å². The molecule has 6 heteroatoms. The Kier molecular flexibility index (Phi) is 5.43. The highest BCUT2D eigenvalue weighted by Gasteiger charge is 2.14. The number of aromatic nitrogens is 3. The van der Waals surface area contributed by atoms with Crippen LogP contribution in [0.2, 0.25) is 5.02 Å². The lowest BCUT2D eigenvalue weighted by molar-refractivity contribution is 0.728. The summed E-state index contributed by atoms with van der Waals surface area (Å²) in [5.41, 5.74) is 0.953. The minimum Gasteiger partial charge on any atom is -0.298 e. The van der Waals surface area contributed by atoms with Crippen molar-refractivity contribution in [2.24, 2.45) is 5.92 Å². The molecule has 0 radical (unpaired) electrons. The van der Waals surface area contributed by atoms with E-state index in [9.17, 15) is 0 Å². The molecule has 1 heterocycles. The lowest BCUT2D eigenvalue weighted by Gasteiger charge is -2.08. The van der Waals surface area contributed by atoms with Crippen LogP contribution in [0.15, 0.2) is 42.1 Å². The van der Waals surface area contributed by atoms with E-state index in [1.54, 1.807) is 6.08 Å². The average Bonchev–Trinajstić information content (AvgIpc) is 2.89. The second-order valence-electron chi connectivity index (χ2n) is 4.55. The summed E-state index contributed by atoms with van der Waals surface area (Å²) in [7, 11) is 0. The largest absolute Gasteiger partial charge is 0.298 e. The first kappa shape index (κ1) is 15.6. The third-order valence-electron chi connectivity index (χ3n) is 2.81. The van der Waals surface area contributed by atoms with E-state index < -0.39 is 0 Å². The predicted octanol–water partition coefficient (Wildman–Crippen LogP) is 4.04. The van der Waals surface area contributed by atoms with E-state index in [4.69, 9.17) is 16.9 Å². The van der Waals surface area contributed by atoms with Gasteiger partial charge in [-0.1, -0.05) is 29.4 Å². The summed E-state index contributed by atoms with van der Waals surface area (Å²) < 4.78 is 1.99. The van der Waals surface area contributed by atoms with Gasteiger partial charge in [-0.2, -0.15) is 5.26 Å². The van der Waals surface area contributed by atoms with Crippen LogP contribution in [0, 0.1) is 17.2 Å². The molecule has 0 unspecified atom stereocenters. The van der Waals surface area contributed by atoms with Crippen LogP contribution in [-0.2, 0) is 6.54 Å². The van der Waals surface area contributed by atoms with E-state index >= 15 is 0 Å². The van der Waals surface area contributed by atoms with Gasteiger partial charge in [-0.05, 0) is 31.2 Å². The van der Waals surface area contributed by atoms with Crippen LogP contribution in [-0.4, -0.2) is 20.5 Å². The summed E-state index contributed by atoms with van der Waals surface area (Å²) in [5.74, 6) is 1.44. The van der Waals surface area contributed by atoms with Crippen LogP contribution >= 0.6 is 23.4 Å². The molecule has 2 rings (SSSR count). The molecular weight excluding hydrogens is 304 g/mol. The quantitative estimate of drug-likeness (QED) is 0.596. The molecule has 0 aliphatic rings. The van der Waals surface area contributed by atoms with E-state index in [0.29, 0.717) is 17.3 Å². The number of nitrogens with zero attached hydrogens (tertiary/aromatic N) is 4. The Morgan fingerprint density at radius 1 is 1.43 bits per heavy atom. The average molecular weight is 319 g/mol. The lowest BCUT2D eigenvalue weighted by atomic mass is 10.2. The Labute approximate surface area is 133 Å². The summed E-state index contributed by atoms with van der Waals surface area (Å²) >= 11 is 7.44. The molecule has 2 aromatic rings. The Bertz CT molecular complexity index is 657. The van der Waals surface area contributed by atoms with Gasteiger partial charge in [0.15, 0.2) is 11.0 Å². The van der Waals surface area contributed by atoms with E-state index in [1.807, 2.05) is 35.8 Å². The second-order valence-corrected chi connectivity index (χ2v) is 5.98. The zero-order valence-electron chi connectivity index (χ0n) is 11.7. The molecule has 0 spiro atoms. The fourth-order valence-corrected chi connectivity index (χ4v) is 2.75. The molecular formula is C15H15ClN4S. The van der Waals surface area contributed by atoms with Gasteiger partial charge < -0.3 is 0 Å². The van der Waals surface area contributed by atoms with Crippen molar-refractivity contribution in [1.82, 2.24) is 14.8 Å². The summed E-state index contributed by atoms with van der Waals surface area (Å²) in [5, 5.41) is 18.8. The van der Waals surface area contributed by atoms with Crippen LogP contribution in [0.25, 0.3) is 11.4 Å². The van der Waals surface area contributed by atoms with Gasteiger partial charge in [0.25, 0.3) is 0 Å². The SMILES string of the molecule is C=CCn1c(SC[C@@H](C)C#N)nnc1-c1ccc(Cl)cc1. The van der Waals surface area contributed by atoms with Crippen LogP contribution in [0.4, 0.5) is 0 Å². The molecule has 0 aliphatic carbocycles. The molecule has 0 N–H and O–H groups in total. The fourth-order valence-electron chi connectivity index (χ4n) is 1.74. The van der Waals surface area contributed by atoms with E-state index in [2.05, 4.69) is 22.8 Å². The minimum atomic E-state index is -0.0251. The predicted molar refractivity (Wildman–Crippen MR) is 86.2 cm³/mol. The van der Waals surface area contributed by atoms with Crippen molar-refractivity contribution in [2.75, 3.05) is 5.75 Å². The highest BCUT2D eigenvalue weighted by molar-refractivity contribution is 7.99. The van der Waals surface area contributed by atoms with Crippen molar-refractivity contribution in [1.29, 1.82) is 5.26 Å². The third-order valence-corrected chi connectivity index (χ3v) is 4.29. The van der Waals surface area contributed by atoms with Gasteiger partial charge in [-0.15, -0.1) is 16.8 Å². The third kappa shape index (κ3) is 3.87. The summed E-state index contributed by atoms with van der Waals surface area (Å²) in [6, 6.07) is 9.70. The van der Waals surface area contributed by atoms with Crippen molar-refractivity contribution in [3.8, 4) is 17.5 Å². The van der Waals surface area contributed by atoms with Crippen molar-refractivity contribution in [3.63, 3.8) is 0 Å². The van der Waals surface area contributed by atoms with Crippen LogP contribution in [0.1, 0.15) is 6.92 Å². The van der Waals surface area contributed by atoms with Gasteiger partial charge in [0.2, 0.25) is 0 Å². The molecule has 0 amide bonds. The van der Waals surface area contributed by atoms with E-state index in [1.165, 1.54) is 11.8 Å². The van der Waals surface area contributed by atoms with Crippen molar-refractivity contribution in [2.45, 2.75) is 18.6 Å². The monoisotopic (exact) mass is 318 g/mol. The number of rotatable bonds is 6. The first-order chi connectivity index (χ1) is 10.2. The number of hydrogen-bond acceptors (Lipinski definition) is 4. The van der Waals surface area contributed by atoms with Gasteiger partial charge in [-0.25, -0.2) is 0 Å². The molecule has 0 aliphatic heterocycles. The molecule has 1 aromatic carbocycles. The Hall–Kier alpha value is -1.77. The highest BCUT2D eigenvalue weighted by atomic mass is 35.5. The van der Waals surface area contributed by atoms with Crippen LogP contribution < -0.4 is 0 Å². The Morgan fingerprint density at radius 2 is 2.14 bits per heavy atom. The standard InChI is InChI=1S/C15H15ClN4S/c1-3-8-20-14(12-4-6-13(16)7-5-12)18-19-15(20)21-10-11(2)9-17/h3-7,11H,1,8,10H2,2H3/t11-/m0/s1. The maximum absolute atomic E-state index is 8.86. The van der Waals surface area contributed by atoms with Gasteiger partial charge >= 0.3 is 0 Å². The Balaban J connectivity index is 2.30. The first-order valence-corrected chi connectivity index (χ1v) is 7.84. The van der Waals surface area contributed by atoms with Crippen LogP contribution in [0.3, 0.4) is 0 Å². The Morgan fingerprint density at radius 3 is 2.76 bits per heavy atom. The molecule has 0 bridgehead atoms. The highest BCUT2D eigenvalue weighted by Crippen LogP contribution is 2.26. The van der Waals surface area contributed by atoms with E-state index in [-0.39, 0.29) is 5.92 Å². The molecule has 0 saturated heterocycles. The number of allylic oxidation sites excluding steroid dienone is 1. The number of nitriles is 1. The number of halogens is 1. The van der Waals surface area contributed by atoms with Crippen LogP contribution in [0.5, 0.6) is 0 Å². The summed E-state index contributed by atoms with van der Waals surface area (Å²) in [6.45, 7) is 6.29. The lowest BCUT2D eigenvalue weighted by Crippen LogP contribution is -2.02. The second kappa shape index (κ2) is 7.30. The van der Waals surface area contributed by atoms with Gasteiger partial charge in [0.1, 0.15) is 0 Å². The molecule has 0 fully saturated rings. The topological polar surface area (TPSA) is 54.5 Å². The normalized spacial score (nSPS) is 11.9. The zero-order valence-corrected chi connectivity index (χ0v) is 13.2. The minimum absolute atomic E-state index is 0.0251. The zero-order chi connectivity index (χ0) is 15.2. The maximum Gasteiger partial charge on any atom is 0.191 e. The van der Waals surface area contributed by atoms with Crippen molar-refractivity contribution < 1.29 is 0 Å².